The molecule has 3 rings (SSSR count). The van der Waals surface area contributed by atoms with Crippen molar-refractivity contribution in [1.29, 1.82) is 0 Å². The molecule has 1 aromatic rings. The van der Waals surface area contributed by atoms with Crippen molar-refractivity contribution in [2.45, 2.75) is 23.9 Å². The first-order chi connectivity index (χ1) is 13.7. The van der Waals surface area contributed by atoms with Crippen LogP contribution in [0.1, 0.15) is 12.0 Å². The van der Waals surface area contributed by atoms with Gasteiger partial charge in [0.05, 0.1) is 16.4 Å². The Hall–Kier alpha value is -1.69. The summed E-state index contributed by atoms with van der Waals surface area (Å²) < 4.78 is 51.1. The number of guanidine groups is 1. The van der Waals surface area contributed by atoms with Crippen molar-refractivity contribution >= 4 is 25.8 Å². The average Bonchev–Trinajstić information content (AvgIpc) is 3.04. The van der Waals surface area contributed by atoms with Crippen LogP contribution in [-0.4, -0.2) is 89.8 Å². The highest BCUT2D eigenvalue weighted by Crippen LogP contribution is 2.21. The lowest BCUT2D eigenvalue weighted by Gasteiger charge is -2.32. The second kappa shape index (κ2) is 8.99. The molecular formula is C18H29N5O4S2. The largest absolute Gasteiger partial charge is 0.353 e. The van der Waals surface area contributed by atoms with E-state index in [1.54, 1.807) is 31.3 Å². The summed E-state index contributed by atoms with van der Waals surface area (Å²) >= 11 is 0. The molecule has 0 aliphatic carbocycles. The molecule has 2 saturated heterocycles. The molecule has 162 valence electrons. The smallest absolute Gasteiger partial charge is 0.243 e. The number of piperazine rings is 1. The molecule has 1 unspecified atom stereocenters. The number of nitrogens with one attached hydrogen (secondary N) is 2. The zero-order chi connectivity index (χ0) is 21.1. The topological polar surface area (TPSA) is 111 Å². The van der Waals surface area contributed by atoms with E-state index in [2.05, 4.69) is 20.5 Å². The molecule has 1 atom stereocenters. The van der Waals surface area contributed by atoms with E-state index in [-0.39, 0.29) is 29.0 Å². The van der Waals surface area contributed by atoms with Crippen LogP contribution in [0.25, 0.3) is 0 Å². The molecule has 2 aliphatic heterocycles. The van der Waals surface area contributed by atoms with Gasteiger partial charge in [-0.2, -0.15) is 4.31 Å². The SMILES string of the molecule is CN=C(NCc1ccccc1S(=O)(=O)N1CCN(C)CC1)NC1CCS(=O)(=O)C1. The Morgan fingerprint density at radius 3 is 2.52 bits per heavy atom. The summed E-state index contributed by atoms with van der Waals surface area (Å²) in [5.41, 5.74) is 0.647. The van der Waals surface area contributed by atoms with Crippen LogP contribution in [0.4, 0.5) is 0 Å². The van der Waals surface area contributed by atoms with Crippen molar-refractivity contribution in [3.8, 4) is 0 Å². The standard InChI is InChI=1S/C18H29N5O4S2/c1-19-18(21-16-7-12-28(24,25)14-16)20-13-15-5-3-4-6-17(15)29(26,27)23-10-8-22(2)9-11-23/h3-6,16H,7-14H2,1-2H3,(H2,19,20,21). The normalized spacial score (nSPS) is 23.8. The molecule has 0 radical (unpaired) electrons. The van der Waals surface area contributed by atoms with Crippen LogP contribution in [0.5, 0.6) is 0 Å². The number of sulfonamides is 1. The van der Waals surface area contributed by atoms with E-state index in [0.29, 0.717) is 44.1 Å². The number of hydrogen-bond donors (Lipinski definition) is 2. The highest BCUT2D eigenvalue weighted by molar-refractivity contribution is 7.91. The van der Waals surface area contributed by atoms with Gasteiger partial charge in [-0.25, -0.2) is 16.8 Å². The molecule has 0 bridgehead atoms. The van der Waals surface area contributed by atoms with Crippen molar-refractivity contribution in [2.75, 3.05) is 51.8 Å². The summed E-state index contributed by atoms with van der Waals surface area (Å²) in [6.45, 7) is 2.63. The van der Waals surface area contributed by atoms with Gasteiger partial charge in [-0.05, 0) is 25.1 Å². The quantitative estimate of drug-likeness (QED) is 0.465. The molecule has 0 saturated carbocycles. The van der Waals surface area contributed by atoms with E-state index in [9.17, 15) is 16.8 Å². The fourth-order valence-corrected chi connectivity index (χ4v) is 6.86. The van der Waals surface area contributed by atoms with Gasteiger partial charge in [-0.3, -0.25) is 4.99 Å². The lowest BCUT2D eigenvalue weighted by Crippen LogP contribution is -2.47. The maximum absolute atomic E-state index is 13.1. The predicted molar refractivity (Wildman–Crippen MR) is 113 cm³/mol. The van der Waals surface area contributed by atoms with E-state index in [0.717, 1.165) is 0 Å². The Morgan fingerprint density at radius 1 is 1.21 bits per heavy atom. The first-order valence-corrected chi connectivity index (χ1v) is 12.9. The van der Waals surface area contributed by atoms with Crippen LogP contribution in [-0.2, 0) is 26.4 Å². The number of aliphatic imine (C=N–C) groups is 1. The van der Waals surface area contributed by atoms with E-state index < -0.39 is 19.9 Å². The molecule has 2 heterocycles. The molecule has 2 aliphatic rings. The number of sulfone groups is 1. The lowest BCUT2D eigenvalue weighted by atomic mass is 10.2. The van der Waals surface area contributed by atoms with Crippen LogP contribution >= 0.6 is 0 Å². The number of likely N-dealkylation sites (N-methyl/N-ethyl adjacent to an activating group) is 1. The predicted octanol–water partition coefficient (Wildman–Crippen LogP) is -0.525. The molecule has 0 amide bonds. The Labute approximate surface area is 173 Å². The fraction of sp³-hybridized carbons (Fsp3) is 0.611. The minimum absolute atomic E-state index is 0.0854. The van der Waals surface area contributed by atoms with E-state index in [1.165, 1.54) is 4.31 Å². The monoisotopic (exact) mass is 443 g/mol. The lowest BCUT2D eigenvalue weighted by molar-refractivity contribution is 0.222. The minimum Gasteiger partial charge on any atom is -0.353 e. The summed E-state index contributed by atoms with van der Waals surface area (Å²) in [6.07, 6.45) is 0.539. The highest BCUT2D eigenvalue weighted by Gasteiger charge is 2.30. The zero-order valence-electron chi connectivity index (χ0n) is 16.8. The highest BCUT2D eigenvalue weighted by atomic mass is 32.2. The number of hydrogen-bond acceptors (Lipinski definition) is 6. The van der Waals surface area contributed by atoms with Gasteiger partial charge in [0.2, 0.25) is 10.0 Å². The second-order valence-electron chi connectivity index (χ2n) is 7.49. The molecule has 0 aromatic heterocycles. The van der Waals surface area contributed by atoms with Crippen LogP contribution in [0, 0.1) is 0 Å². The summed E-state index contributed by atoms with van der Waals surface area (Å²) in [5.74, 6) is 0.717. The van der Waals surface area contributed by atoms with Gasteiger partial charge >= 0.3 is 0 Å². The van der Waals surface area contributed by atoms with Gasteiger partial charge in [0, 0.05) is 45.8 Å². The third-order valence-corrected chi connectivity index (χ3v) is 9.06. The third-order valence-electron chi connectivity index (χ3n) is 5.30. The minimum atomic E-state index is -3.58. The van der Waals surface area contributed by atoms with Gasteiger partial charge in [0.15, 0.2) is 15.8 Å². The first-order valence-electron chi connectivity index (χ1n) is 9.65. The van der Waals surface area contributed by atoms with Gasteiger partial charge in [0.1, 0.15) is 0 Å². The summed E-state index contributed by atoms with van der Waals surface area (Å²) in [5, 5.41) is 6.23. The van der Waals surface area contributed by atoms with Crippen molar-refractivity contribution in [3.05, 3.63) is 29.8 Å². The first kappa shape index (κ1) is 22.0. The molecule has 2 N–H and O–H groups in total. The Morgan fingerprint density at radius 2 is 1.90 bits per heavy atom. The molecular weight excluding hydrogens is 414 g/mol. The van der Waals surface area contributed by atoms with Gasteiger partial charge < -0.3 is 15.5 Å². The van der Waals surface area contributed by atoms with Crippen molar-refractivity contribution in [3.63, 3.8) is 0 Å². The van der Waals surface area contributed by atoms with Gasteiger partial charge in [-0.15, -0.1) is 0 Å². The van der Waals surface area contributed by atoms with Gasteiger partial charge in [-0.1, -0.05) is 18.2 Å². The van der Waals surface area contributed by atoms with Crippen LogP contribution < -0.4 is 10.6 Å². The summed E-state index contributed by atoms with van der Waals surface area (Å²) in [6, 6.07) is 6.76. The maximum atomic E-state index is 13.1. The van der Waals surface area contributed by atoms with Crippen LogP contribution in [0.2, 0.25) is 0 Å². The molecule has 1 aromatic carbocycles. The van der Waals surface area contributed by atoms with Crippen molar-refractivity contribution in [1.82, 2.24) is 19.8 Å². The fourth-order valence-electron chi connectivity index (χ4n) is 3.54. The van der Waals surface area contributed by atoms with Gasteiger partial charge in [0.25, 0.3) is 0 Å². The van der Waals surface area contributed by atoms with Crippen molar-refractivity contribution < 1.29 is 16.8 Å². The van der Waals surface area contributed by atoms with Crippen LogP contribution in [0.15, 0.2) is 34.2 Å². The summed E-state index contributed by atoms with van der Waals surface area (Å²) in [7, 11) is -2.99. The number of rotatable bonds is 5. The number of nitrogens with zero attached hydrogens (tertiary/aromatic N) is 3. The average molecular weight is 444 g/mol. The Balaban J connectivity index is 1.69. The second-order valence-corrected chi connectivity index (χ2v) is 11.6. The Bertz CT molecular complexity index is 954. The number of benzene rings is 1. The molecule has 29 heavy (non-hydrogen) atoms. The molecule has 11 heteroatoms. The van der Waals surface area contributed by atoms with E-state index in [4.69, 9.17) is 0 Å². The third kappa shape index (κ3) is 5.47. The maximum Gasteiger partial charge on any atom is 0.243 e. The van der Waals surface area contributed by atoms with Crippen LogP contribution in [0.3, 0.4) is 0 Å². The van der Waals surface area contributed by atoms with E-state index in [1.807, 2.05) is 7.05 Å². The van der Waals surface area contributed by atoms with E-state index >= 15 is 0 Å². The summed E-state index contributed by atoms with van der Waals surface area (Å²) in [4.78, 5) is 6.54. The molecule has 9 nitrogen and oxygen atoms in total. The molecule has 0 spiro atoms. The van der Waals surface area contributed by atoms with Crippen molar-refractivity contribution in [2.24, 2.45) is 4.99 Å². The Kier molecular flexibility index (Phi) is 6.82. The molecule has 2 fully saturated rings. The zero-order valence-corrected chi connectivity index (χ0v) is 18.5.